The molecule has 3 rings (SSSR count). The summed E-state index contributed by atoms with van der Waals surface area (Å²) >= 11 is 0. The summed E-state index contributed by atoms with van der Waals surface area (Å²) in [6.45, 7) is 0.332. The van der Waals surface area contributed by atoms with Crippen molar-refractivity contribution in [3.63, 3.8) is 0 Å². The summed E-state index contributed by atoms with van der Waals surface area (Å²) < 4.78 is 13.6. The number of rotatable bonds is 4. The van der Waals surface area contributed by atoms with Gasteiger partial charge in [0, 0.05) is 12.6 Å². The van der Waals surface area contributed by atoms with Crippen LogP contribution in [0.15, 0.2) is 35.5 Å². The number of methoxy groups -OCH3 is 2. The molecule has 0 saturated carbocycles. The molecular weight excluding hydrogens is 284 g/mol. The summed E-state index contributed by atoms with van der Waals surface area (Å²) in [6, 6.07) is 5.46. The van der Waals surface area contributed by atoms with Crippen LogP contribution < -0.4 is 15.0 Å². The number of aryl methyl sites for hydroxylation is 1. The van der Waals surface area contributed by atoms with Crippen molar-refractivity contribution in [1.82, 2.24) is 19.3 Å². The number of hydrogen-bond acceptors (Lipinski definition) is 5. The van der Waals surface area contributed by atoms with Crippen LogP contribution >= 0.6 is 0 Å². The van der Waals surface area contributed by atoms with Crippen molar-refractivity contribution in [1.29, 1.82) is 0 Å². The van der Waals surface area contributed by atoms with Gasteiger partial charge in [-0.05, 0) is 18.2 Å². The largest absolute Gasteiger partial charge is 0.497 e. The number of nitrogens with zero attached hydrogens (tertiary/aromatic N) is 4. The Labute approximate surface area is 126 Å². The first-order valence-electron chi connectivity index (χ1n) is 6.72. The van der Waals surface area contributed by atoms with Crippen molar-refractivity contribution in [3.8, 4) is 11.5 Å². The number of fused-ring (bicyclic) bond motifs is 1. The summed E-state index contributed by atoms with van der Waals surface area (Å²) in [5.41, 5.74) is 1.59. The van der Waals surface area contributed by atoms with E-state index in [0.29, 0.717) is 29.1 Å². The van der Waals surface area contributed by atoms with Crippen LogP contribution in [0.5, 0.6) is 11.5 Å². The SMILES string of the molecule is COc1ccc(OC)c(Cn2cnc3cn(C)nc3c2=O)c1. The minimum absolute atomic E-state index is 0.185. The Balaban J connectivity index is 2.06. The molecule has 3 aromatic rings. The fraction of sp³-hybridized carbons (Fsp3) is 0.267. The fourth-order valence-electron chi connectivity index (χ4n) is 2.34. The van der Waals surface area contributed by atoms with E-state index in [-0.39, 0.29) is 5.56 Å². The van der Waals surface area contributed by atoms with Crippen molar-refractivity contribution >= 4 is 11.0 Å². The second-order valence-corrected chi connectivity index (χ2v) is 4.89. The van der Waals surface area contributed by atoms with E-state index in [1.165, 1.54) is 10.9 Å². The van der Waals surface area contributed by atoms with Crippen molar-refractivity contribution in [3.05, 3.63) is 46.6 Å². The second-order valence-electron chi connectivity index (χ2n) is 4.89. The summed E-state index contributed by atoms with van der Waals surface area (Å²) in [6.07, 6.45) is 3.23. The Morgan fingerprint density at radius 3 is 2.77 bits per heavy atom. The highest BCUT2D eigenvalue weighted by atomic mass is 16.5. The molecule has 0 radical (unpaired) electrons. The second kappa shape index (κ2) is 5.51. The van der Waals surface area contributed by atoms with Gasteiger partial charge in [0.1, 0.15) is 17.0 Å². The molecule has 2 aromatic heterocycles. The zero-order valence-electron chi connectivity index (χ0n) is 12.6. The maximum Gasteiger partial charge on any atom is 0.282 e. The van der Waals surface area contributed by atoms with Gasteiger partial charge in [-0.25, -0.2) is 4.98 Å². The monoisotopic (exact) mass is 300 g/mol. The molecule has 0 bridgehead atoms. The topological polar surface area (TPSA) is 71.2 Å². The van der Waals surface area contributed by atoms with Crippen molar-refractivity contribution < 1.29 is 9.47 Å². The van der Waals surface area contributed by atoms with E-state index >= 15 is 0 Å². The minimum Gasteiger partial charge on any atom is -0.497 e. The Morgan fingerprint density at radius 1 is 1.23 bits per heavy atom. The molecular formula is C15H16N4O3. The van der Waals surface area contributed by atoms with Gasteiger partial charge in [-0.15, -0.1) is 0 Å². The normalized spacial score (nSPS) is 10.9. The average molecular weight is 300 g/mol. The lowest BCUT2D eigenvalue weighted by molar-refractivity contribution is 0.397. The maximum atomic E-state index is 12.5. The lowest BCUT2D eigenvalue weighted by Crippen LogP contribution is -2.21. The zero-order chi connectivity index (χ0) is 15.7. The highest BCUT2D eigenvalue weighted by molar-refractivity contribution is 5.71. The highest BCUT2D eigenvalue weighted by Crippen LogP contribution is 2.24. The highest BCUT2D eigenvalue weighted by Gasteiger charge is 2.11. The molecule has 0 spiro atoms. The first kappa shape index (κ1) is 14.1. The predicted octanol–water partition coefficient (Wildman–Crippen LogP) is 1.20. The standard InChI is InChI=1S/C15H16N4O3/c1-18-8-12-14(17-18)15(20)19(9-16-12)7-10-6-11(21-2)4-5-13(10)22-3/h4-6,8-9H,7H2,1-3H3. The molecule has 1 aromatic carbocycles. The molecule has 0 saturated heterocycles. The minimum atomic E-state index is -0.185. The molecule has 0 amide bonds. The molecule has 114 valence electrons. The van der Waals surface area contributed by atoms with Gasteiger partial charge in [0.05, 0.1) is 33.3 Å². The number of ether oxygens (including phenoxy) is 2. The van der Waals surface area contributed by atoms with E-state index in [4.69, 9.17) is 9.47 Å². The van der Waals surface area contributed by atoms with Gasteiger partial charge < -0.3 is 9.47 Å². The lowest BCUT2D eigenvalue weighted by atomic mass is 10.2. The molecule has 0 aliphatic rings. The van der Waals surface area contributed by atoms with Crippen molar-refractivity contribution in [2.45, 2.75) is 6.54 Å². The molecule has 7 heteroatoms. The van der Waals surface area contributed by atoms with E-state index in [1.54, 1.807) is 32.1 Å². The van der Waals surface area contributed by atoms with Gasteiger partial charge in [0.2, 0.25) is 0 Å². The van der Waals surface area contributed by atoms with Crippen LogP contribution in [0.2, 0.25) is 0 Å². The third-order valence-corrected chi connectivity index (χ3v) is 3.44. The summed E-state index contributed by atoms with van der Waals surface area (Å²) in [5.74, 6) is 1.39. The van der Waals surface area contributed by atoms with E-state index in [2.05, 4.69) is 10.1 Å². The molecule has 0 unspecified atom stereocenters. The summed E-state index contributed by atoms with van der Waals surface area (Å²) in [5, 5.41) is 4.16. The summed E-state index contributed by atoms with van der Waals surface area (Å²) in [4.78, 5) is 16.7. The van der Waals surface area contributed by atoms with Gasteiger partial charge in [-0.3, -0.25) is 14.0 Å². The van der Waals surface area contributed by atoms with E-state index in [9.17, 15) is 4.79 Å². The van der Waals surface area contributed by atoms with Crippen LogP contribution in [-0.2, 0) is 13.6 Å². The molecule has 0 atom stereocenters. The molecule has 7 nitrogen and oxygen atoms in total. The van der Waals surface area contributed by atoms with Crippen LogP contribution in [0.4, 0.5) is 0 Å². The first-order valence-corrected chi connectivity index (χ1v) is 6.72. The van der Waals surface area contributed by atoms with Crippen LogP contribution in [0.1, 0.15) is 5.56 Å². The van der Waals surface area contributed by atoms with Crippen LogP contribution in [0.25, 0.3) is 11.0 Å². The Bertz CT molecular complexity index is 882. The van der Waals surface area contributed by atoms with Gasteiger partial charge in [0.15, 0.2) is 5.52 Å². The number of benzene rings is 1. The van der Waals surface area contributed by atoms with Gasteiger partial charge >= 0.3 is 0 Å². The third kappa shape index (κ3) is 2.41. The number of hydrogen-bond donors (Lipinski definition) is 0. The molecule has 0 fully saturated rings. The zero-order valence-corrected chi connectivity index (χ0v) is 12.6. The van der Waals surface area contributed by atoms with Crippen molar-refractivity contribution in [2.24, 2.45) is 7.05 Å². The van der Waals surface area contributed by atoms with Crippen molar-refractivity contribution in [2.75, 3.05) is 14.2 Å². The lowest BCUT2D eigenvalue weighted by Gasteiger charge is -2.11. The molecule has 2 heterocycles. The first-order chi connectivity index (χ1) is 10.6. The quantitative estimate of drug-likeness (QED) is 0.724. The van der Waals surface area contributed by atoms with E-state index in [1.807, 2.05) is 18.2 Å². The Kier molecular flexibility index (Phi) is 3.54. The number of aromatic nitrogens is 4. The van der Waals surface area contributed by atoms with Crippen LogP contribution in [0, 0.1) is 0 Å². The smallest absolute Gasteiger partial charge is 0.282 e. The van der Waals surface area contributed by atoms with E-state index < -0.39 is 0 Å². The van der Waals surface area contributed by atoms with Crippen LogP contribution in [-0.4, -0.2) is 33.6 Å². The average Bonchev–Trinajstić information content (AvgIpc) is 2.91. The Hall–Kier alpha value is -2.83. The Morgan fingerprint density at radius 2 is 2.05 bits per heavy atom. The summed E-state index contributed by atoms with van der Waals surface area (Å²) in [7, 11) is 4.95. The van der Waals surface area contributed by atoms with Gasteiger partial charge in [0.25, 0.3) is 5.56 Å². The fourth-order valence-corrected chi connectivity index (χ4v) is 2.34. The van der Waals surface area contributed by atoms with Crippen LogP contribution in [0.3, 0.4) is 0 Å². The van der Waals surface area contributed by atoms with Gasteiger partial charge in [-0.1, -0.05) is 0 Å². The molecule has 0 N–H and O–H groups in total. The molecule has 22 heavy (non-hydrogen) atoms. The molecule has 0 aliphatic heterocycles. The predicted molar refractivity (Wildman–Crippen MR) is 81.4 cm³/mol. The third-order valence-electron chi connectivity index (χ3n) is 3.44. The maximum absolute atomic E-state index is 12.5. The van der Waals surface area contributed by atoms with Gasteiger partial charge in [-0.2, -0.15) is 5.10 Å². The van der Waals surface area contributed by atoms with E-state index in [0.717, 1.165) is 5.56 Å². The molecule has 0 aliphatic carbocycles.